The van der Waals surface area contributed by atoms with Crippen molar-refractivity contribution in [1.29, 1.82) is 0 Å². The smallest absolute Gasteiger partial charge is 0.180 e. The van der Waals surface area contributed by atoms with E-state index in [1.54, 1.807) is 37.4 Å². The number of ether oxygens (including phenoxy) is 1. The largest absolute Gasteiger partial charge is 0.497 e. The third kappa shape index (κ3) is 1.73. The molecule has 1 aromatic heterocycles. The fourth-order valence-electron chi connectivity index (χ4n) is 2.33. The normalized spacial score (nSPS) is 17.4. The number of hydrogen-bond acceptors (Lipinski definition) is 4. The van der Waals surface area contributed by atoms with Gasteiger partial charge in [0.15, 0.2) is 11.6 Å². The van der Waals surface area contributed by atoms with Crippen molar-refractivity contribution in [1.82, 2.24) is 4.98 Å². The van der Waals surface area contributed by atoms with E-state index < -0.39 is 5.92 Å². The second-order valence-corrected chi connectivity index (χ2v) is 4.36. The Kier molecular flexibility index (Phi) is 2.63. The number of carbonyl (C=O) groups is 2. The van der Waals surface area contributed by atoms with Crippen LogP contribution >= 0.6 is 0 Å². The molecule has 0 radical (unpaired) electrons. The fourth-order valence-corrected chi connectivity index (χ4v) is 2.33. The molecule has 19 heavy (non-hydrogen) atoms. The first-order valence-electron chi connectivity index (χ1n) is 5.89. The third-order valence-electron chi connectivity index (χ3n) is 3.33. The zero-order valence-corrected chi connectivity index (χ0v) is 10.3. The van der Waals surface area contributed by atoms with E-state index in [4.69, 9.17) is 4.74 Å². The molecule has 0 bridgehead atoms. The summed E-state index contributed by atoms with van der Waals surface area (Å²) in [6.45, 7) is 0. The Bertz CT molecular complexity index is 626. The number of methoxy groups -OCH3 is 1. The molecule has 2 aromatic rings. The zero-order valence-electron chi connectivity index (χ0n) is 10.3. The molecule has 94 valence electrons. The average molecular weight is 253 g/mol. The van der Waals surface area contributed by atoms with Crippen molar-refractivity contribution in [2.24, 2.45) is 0 Å². The van der Waals surface area contributed by atoms with Crippen LogP contribution in [0.15, 0.2) is 42.7 Å². The van der Waals surface area contributed by atoms with E-state index in [0.29, 0.717) is 22.4 Å². The topological polar surface area (TPSA) is 56.3 Å². The maximum atomic E-state index is 12.3. The van der Waals surface area contributed by atoms with Gasteiger partial charge < -0.3 is 4.74 Å². The molecule has 1 aliphatic rings. The van der Waals surface area contributed by atoms with Crippen LogP contribution in [0.4, 0.5) is 0 Å². The van der Waals surface area contributed by atoms with Crippen LogP contribution in [0.1, 0.15) is 32.2 Å². The van der Waals surface area contributed by atoms with Gasteiger partial charge in [0, 0.05) is 23.5 Å². The summed E-state index contributed by atoms with van der Waals surface area (Å²) in [4.78, 5) is 28.5. The maximum absolute atomic E-state index is 12.3. The second kappa shape index (κ2) is 4.31. The lowest BCUT2D eigenvalue weighted by atomic mass is 9.94. The predicted molar refractivity (Wildman–Crippen MR) is 68.6 cm³/mol. The van der Waals surface area contributed by atoms with Gasteiger partial charge in [-0.05, 0) is 23.8 Å². The zero-order chi connectivity index (χ0) is 13.4. The van der Waals surface area contributed by atoms with Crippen molar-refractivity contribution in [3.05, 3.63) is 59.4 Å². The van der Waals surface area contributed by atoms with Gasteiger partial charge in [0.25, 0.3) is 0 Å². The lowest BCUT2D eigenvalue weighted by Crippen LogP contribution is -2.12. The van der Waals surface area contributed by atoms with Crippen molar-refractivity contribution >= 4 is 11.6 Å². The number of ketones is 2. The van der Waals surface area contributed by atoms with Gasteiger partial charge in [-0.2, -0.15) is 0 Å². The Labute approximate surface area is 110 Å². The van der Waals surface area contributed by atoms with Crippen LogP contribution in [0.2, 0.25) is 0 Å². The molecule has 1 aromatic carbocycles. The Balaban J connectivity index is 2.03. The molecule has 0 aliphatic heterocycles. The van der Waals surface area contributed by atoms with E-state index in [9.17, 15) is 9.59 Å². The van der Waals surface area contributed by atoms with Gasteiger partial charge in [-0.3, -0.25) is 14.6 Å². The van der Waals surface area contributed by atoms with Gasteiger partial charge >= 0.3 is 0 Å². The minimum atomic E-state index is -0.745. The van der Waals surface area contributed by atoms with E-state index in [1.165, 1.54) is 12.4 Å². The van der Waals surface area contributed by atoms with Crippen LogP contribution in [0, 0.1) is 0 Å². The van der Waals surface area contributed by atoms with Crippen molar-refractivity contribution in [3.63, 3.8) is 0 Å². The summed E-state index contributed by atoms with van der Waals surface area (Å²) < 4.78 is 5.07. The number of nitrogens with zero attached hydrogens (tertiary/aromatic N) is 1. The van der Waals surface area contributed by atoms with Gasteiger partial charge in [-0.25, -0.2) is 0 Å². The van der Waals surface area contributed by atoms with Crippen molar-refractivity contribution in [2.75, 3.05) is 7.11 Å². The van der Waals surface area contributed by atoms with Crippen LogP contribution < -0.4 is 4.74 Å². The molecule has 1 atom stereocenters. The Hall–Kier alpha value is -2.49. The first kappa shape index (κ1) is 11.6. The third-order valence-corrected chi connectivity index (χ3v) is 3.33. The lowest BCUT2D eigenvalue weighted by molar-refractivity contribution is 0.0890. The number of pyridine rings is 1. The molecule has 3 rings (SSSR count). The molecule has 1 aliphatic carbocycles. The minimum absolute atomic E-state index is 0.160. The summed E-state index contributed by atoms with van der Waals surface area (Å²) in [5, 5.41) is 0. The summed E-state index contributed by atoms with van der Waals surface area (Å²) >= 11 is 0. The minimum Gasteiger partial charge on any atom is -0.497 e. The standard InChI is InChI=1S/C15H11NO3/c1-19-10-4-2-9(3-5-10)13-14(17)11-6-7-16-8-12(11)15(13)18/h2-8,13H,1H3. The Morgan fingerprint density at radius 1 is 1.00 bits per heavy atom. The molecule has 4 heteroatoms. The van der Waals surface area contributed by atoms with E-state index in [-0.39, 0.29) is 11.6 Å². The number of carbonyl (C=O) groups excluding carboxylic acids is 2. The molecule has 0 saturated carbocycles. The number of aromatic nitrogens is 1. The van der Waals surface area contributed by atoms with Crippen LogP contribution in [-0.4, -0.2) is 23.7 Å². The summed E-state index contributed by atoms with van der Waals surface area (Å²) in [6, 6.07) is 8.59. The summed E-state index contributed by atoms with van der Waals surface area (Å²) in [5.41, 5.74) is 1.56. The lowest BCUT2D eigenvalue weighted by Gasteiger charge is -2.08. The van der Waals surface area contributed by atoms with E-state index >= 15 is 0 Å². The maximum Gasteiger partial charge on any atom is 0.180 e. The van der Waals surface area contributed by atoms with E-state index in [2.05, 4.69) is 4.98 Å². The number of rotatable bonds is 2. The number of benzene rings is 1. The molecule has 0 N–H and O–H groups in total. The Morgan fingerprint density at radius 3 is 2.32 bits per heavy atom. The molecular formula is C15H11NO3. The van der Waals surface area contributed by atoms with Crippen LogP contribution in [0.3, 0.4) is 0 Å². The molecule has 0 fully saturated rings. The van der Waals surface area contributed by atoms with Crippen LogP contribution in [0.5, 0.6) is 5.75 Å². The Morgan fingerprint density at radius 2 is 1.68 bits per heavy atom. The van der Waals surface area contributed by atoms with Gasteiger partial charge in [-0.15, -0.1) is 0 Å². The molecule has 1 unspecified atom stereocenters. The van der Waals surface area contributed by atoms with Crippen LogP contribution in [-0.2, 0) is 0 Å². The predicted octanol–water partition coefficient (Wildman–Crippen LogP) is 2.25. The number of hydrogen-bond donors (Lipinski definition) is 0. The van der Waals surface area contributed by atoms with E-state index in [1.807, 2.05) is 0 Å². The molecule has 4 nitrogen and oxygen atoms in total. The molecule has 0 amide bonds. The first-order chi connectivity index (χ1) is 9.22. The van der Waals surface area contributed by atoms with Crippen molar-refractivity contribution < 1.29 is 14.3 Å². The average Bonchev–Trinajstić information content (AvgIpc) is 2.72. The van der Waals surface area contributed by atoms with Gasteiger partial charge in [-0.1, -0.05) is 12.1 Å². The quantitative estimate of drug-likeness (QED) is 0.770. The van der Waals surface area contributed by atoms with E-state index in [0.717, 1.165) is 0 Å². The highest BCUT2D eigenvalue weighted by Crippen LogP contribution is 2.33. The SMILES string of the molecule is COc1ccc(C2C(=O)c3ccncc3C2=O)cc1. The highest BCUT2D eigenvalue weighted by Gasteiger charge is 2.39. The molecule has 0 saturated heterocycles. The highest BCUT2D eigenvalue weighted by molar-refractivity contribution is 6.29. The number of fused-ring (bicyclic) bond motifs is 1. The molecule has 1 heterocycles. The summed E-state index contributed by atoms with van der Waals surface area (Å²) in [5.74, 6) is -0.392. The molecule has 0 spiro atoms. The fraction of sp³-hybridized carbons (Fsp3) is 0.133. The summed E-state index contributed by atoms with van der Waals surface area (Å²) in [7, 11) is 1.57. The van der Waals surface area contributed by atoms with Crippen molar-refractivity contribution in [2.45, 2.75) is 5.92 Å². The molecular weight excluding hydrogens is 242 g/mol. The van der Waals surface area contributed by atoms with Gasteiger partial charge in [0.05, 0.1) is 7.11 Å². The number of Topliss-reactive ketones (excluding diaryl/α,β-unsaturated/α-hetero) is 2. The second-order valence-electron chi connectivity index (χ2n) is 4.36. The summed E-state index contributed by atoms with van der Waals surface area (Å²) in [6.07, 6.45) is 2.99. The van der Waals surface area contributed by atoms with Gasteiger partial charge in [0.1, 0.15) is 11.7 Å². The highest BCUT2D eigenvalue weighted by atomic mass is 16.5. The van der Waals surface area contributed by atoms with Crippen LogP contribution in [0.25, 0.3) is 0 Å². The first-order valence-corrected chi connectivity index (χ1v) is 5.89. The van der Waals surface area contributed by atoms with Gasteiger partial charge in [0.2, 0.25) is 0 Å². The monoisotopic (exact) mass is 253 g/mol. The van der Waals surface area contributed by atoms with Crippen molar-refractivity contribution in [3.8, 4) is 5.75 Å².